The van der Waals surface area contributed by atoms with Gasteiger partial charge >= 0.3 is 5.97 Å². The number of nitrogens with zero attached hydrogens (tertiary/aromatic N) is 1. The summed E-state index contributed by atoms with van der Waals surface area (Å²) in [7, 11) is 0. The number of nitrogens with one attached hydrogen (secondary N) is 1. The first kappa shape index (κ1) is 13.1. The van der Waals surface area contributed by atoms with E-state index in [4.69, 9.17) is 8.94 Å². The largest absolute Gasteiger partial charge is 0.477 e. The summed E-state index contributed by atoms with van der Waals surface area (Å²) in [6.45, 7) is 0. The van der Waals surface area contributed by atoms with Crippen LogP contribution in [0.15, 0.2) is 44.2 Å². The van der Waals surface area contributed by atoms with Gasteiger partial charge in [0.15, 0.2) is 11.3 Å². The quantitative estimate of drug-likeness (QED) is 0.767. The van der Waals surface area contributed by atoms with Crippen LogP contribution in [0, 0.1) is 0 Å². The summed E-state index contributed by atoms with van der Waals surface area (Å²) in [5, 5.41) is 18.9. The van der Waals surface area contributed by atoms with E-state index in [0.29, 0.717) is 5.56 Å². The number of furan rings is 1. The maximum atomic E-state index is 11.9. The summed E-state index contributed by atoms with van der Waals surface area (Å²) in [6, 6.07) is 4.71. The molecule has 3 aromatic heterocycles. The van der Waals surface area contributed by atoms with Crippen molar-refractivity contribution in [3.63, 3.8) is 0 Å². The van der Waals surface area contributed by atoms with Gasteiger partial charge < -0.3 is 14.0 Å². The van der Waals surface area contributed by atoms with Crippen LogP contribution in [0.3, 0.4) is 0 Å². The van der Waals surface area contributed by atoms with Crippen LogP contribution in [0.25, 0.3) is 11.3 Å². The van der Waals surface area contributed by atoms with Gasteiger partial charge in [0.2, 0.25) is 5.88 Å². The summed E-state index contributed by atoms with van der Waals surface area (Å²) in [5.74, 6) is -2.05. The van der Waals surface area contributed by atoms with Crippen LogP contribution in [0.1, 0.15) is 20.9 Å². The monoisotopic (exact) mass is 304 g/mol. The van der Waals surface area contributed by atoms with Gasteiger partial charge in [0.25, 0.3) is 5.91 Å². The first-order valence-electron chi connectivity index (χ1n) is 5.77. The topological polar surface area (TPSA) is 106 Å². The van der Waals surface area contributed by atoms with Crippen LogP contribution in [0.2, 0.25) is 0 Å². The second-order valence-corrected chi connectivity index (χ2v) is 4.76. The minimum Gasteiger partial charge on any atom is -0.477 e. The van der Waals surface area contributed by atoms with E-state index in [1.165, 1.54) is 23.7 Å². The van der Waals surface area contributed by atoms with Crippen LogP contribution in [0.4, 0.5) is 5.88 Å². The number of thiophene rings is 1. The third kappa shape index (κ3) is 2.43. The Morgan fingerprint density at radius 3 is 2.81 bits per heavy atom. The lowest BCUT2D eigenvalue weighted by Gasteiger charge is -1.99. The Morgan fingerprint density at radius 1 is 1.33 bits per heavy atom. The van der Waals surface area contributed by atoms with Gasteiger partial charge in [-0.3, -0.25) is 10.1 Å². The normalized spacial score (nSPS) is 10.5. The first-order valence-corrected chi connectivity index (χ1v) is 6.71. The van der Waals surface area contributed by atoms with Crippen LogP contribution in [-0.2, 0) is 0 Å². The first-order chi connectivity index (χ1) is 10.2. The molecule has 0 aliphatic rings. The van der Waals surface area contributed by atoms with Crippen LogP contribution in [0.5, 0.6) is 0 Å². The fraction of sp³-hybridized carbons (Fsp3) is 0. The standard InChI is InChI=1S/C13H8N2O5S/c16-11(8-2-1-4-19-8)14-12-9(13(17)18)10(15-20-12)7-3-5-21-6-7/h1-6H,(H,14,16)(H,17,18). The second-order valence-electron chi connectivity index (χ2n) is 3.98. The Kier molecular flexibility index (Phi) is 3.28. The number of carbonyl (C=O) groups is 2. The van der Waals surface area contributed by atoms with Gasteiger partial charge in [-0.05, 0) is 23.6 Å². The summed E-state index contributed by atoms with van der Waals surface area (Å²) in [6.07, 6.45) is 1.34. The molecule has 2 N–H and O–H groups in total. The molecular weight excluding hydrogens is 296 g/mol. The van der Waals surface area contributed by atoms with Crippen molar-refractivity contribution in [3.05, 3.63) is 46.5 Å². The number of hydrogen-bond donors (Lipinski definition) is 2. The molecule has 7 nitrogen and oxygen atoms in total. The van der Waals surface area contributed by atoms with Gasteiger partial charge in [0.05, 0.1) is 6.26 Å². The number of hydrogen-bond acceptors (Lipinski definition) is 6. The number of anilines is 1. The highest BCUT2D eigenvalue weighted by Gasteiger charge is 2.26. The predicted molar refractivity (Wildman–Crippen MR) is 73.4 cm³/mol. The molecule has 3 aromatic rings. The highest BCUT2D eigenvalue weighted by molar-refractivity contribution is 7.08. The summed E-state index contributed by atoms with van der Waals surface area (Å²) < 4.78 is 9.88. The number of rotatable bonds is 4. The maximum Gasteiger partial charge on any atom is 0.343 e. The van der Waals surface area contributed by atoms with Crippen molar-refractivity contribution >= 4 is 29.1 Å². The molecule has 3 rings (SSSR count). The average molecular weight is 304 g/mol. The second kappa shape index (κ2) is 5.25. The van der Waals surface area contributed by atoms with E-state index in [0.717, 1.165) is 0 Å². The highest BCUT2D eigenvalue weighted by Crippen LogP contribution is 2.30. The minimum absolute atomic E-state index is 0.0415. The lowest BCUT2D eigenvalue weighted by Crippen LogP contribution is -2.13. The Hall–Kier alpha value is -2.87. The molecule has 0 radical (unpaired) electrons. The van der Waals surface area contributed by atoms with Crippen molar-refractivity contribution in [2.45, 2.75) is 0 Å². The average Bonchev–Trinajstić information content (AvgIpc) is 3.19. The molecule has 21 heavy (non-hydrogen) atoms. The Morgan fingerprint density at radius 2 is 2.19 bits per heavy atom. The molecule has 0 fully saturated rings. The van der Waals surface area contributed by atoms with E-state index in [2.05, 4.69) is 10.5 Å². The molecule has 3 heterocycles. The van der Waals surface area contributed by atoms with Gasteiger partial charge in [0.1, 0.15) is 5.69 Å². The smallest absolute Gasteiger partial charge is 0.343 e. The van der Waals surface area contributed by atoms with Crippen molar-refractivity contribution in [2.24, 2.45) is 0 Å². The molecule has 0 saturated carbocycles. The molecule has 0 atom stereocenters. The predicted octanol–water partition coefficient (Wildman–Crippen LogP) is 2.95. The molecule has 0 aliphatic heterocycles. The molecule has 106 valence electrons. The van der Waals surface area contributed by atoms with Crippen LogP contribution < -0.4 is 5.32 Å². The Labute approximate surface area is 121 Å². The summed E-state index contributed by atoms with van der Waals surface area (Å²) in [4.78, 5) is 23.3. The van der Waals surface area contributed by atoms with Crippen molar-refractivity contribution in [2.75, 3.05) is 5.32 Å². The number of carbonyl (C=O) groups excluding carboxylic acids is 1. The molecular formula is C13H8N2O5S. The highest BCUT2D eigenvalue weighted by atomic mass is 32.1. The van der Waals surface area contributed by atoms with E-state index in [9.17, 15) is 14.7 Å². The number of aromatic carboxylic acids is 1. The lowest BCUT2D eigenvalue weighted by atomic mass is 10.1. The summed E-state index contributed by atoms with van der Waals surface area (Å²) in [5.41, 5.74) is 0.575. The van der Waals surface area contributed by atoms with E-state index in [-0.39, 0.29) is 22.9 Å². The molecule has 0 saturated heterocycles. The Balaban J connectivity index is 1.96. The van der Waals surface area contributed by atoms with E-state index < -0.39 is 11.9 Å². The van der Waals surface area contributed by atoms with Crippen LogP contribution in [-0.4, -0.2) is 22.1 Å². The molecule has 0 aliphatic carbocycles. The van der Waals surface area contributed by atoms with Crippen molar-refractivity contribution < 1.29 is 23.6 Å². The maximum absolute atomic E-state index is 11.9. The van der Waals surface area contributed by atoms with Gasteiger partial charge in [-0.25, -0.2) is 4.79 Å². The number of amides is 1. The van der Waals surface area contributed by atoms with E-state index >= 15 is 0 Å². The zero-order valence-electron chi connectivity index (χ0n) is 10.4. The fourth-order valence-corrected chi connectivity index (χ4v) is 2.38. The fourth-order valence-electron chi connectivity index (χ4n) is 1.74. The van der Waals surface area contributed by atoms with Crippen molar-refractivity contribution in [1.29, 1.82) is 0 Å². The SMILES string of the molecule is O=C(Nc1onc(-c2ccsc2)c1C(=O)O)c1ccco1. The molecule has 0 aromatic carbocycles. The van der Waals surface area contributed by atoms with Crippen molar-refractivity contribution in [1.82, 2.24) is 5.16 Å². The summed E-state index contributed by atoms with van der Waals surface area (Å²) >= 11 is 1.40. The number of carboxylic acid groups (broad SMARTS) is 1. The third-order valence-corrected chi connectivity index (χ3v) is 3.36. The molecule has 0 bridgehead atoms. The van der Waals surface area contributed by atoms with E-state index in [1.807, 2.05) is 0 Å². The zero-order valence-corrected chi connectivity index (χ0v) is 11.2. The molecule has 8 heteroatoms. The van der Waals surface area contributed by atoms with E-state index in [1.54, 1.807) is 22.9 Å². The number of carboxylic acids is 1. The van der Waals surface area contributed by atoms with Gasteiger partial charge in [0, 0.05) is 10.9 Å². The van der Waals surface area contributed by atoms with Gasteiger partial charge in [-0.1, -0.05) is 5.16 Å². The van der Waals surface area contributed by atoms with Gasteiger partial charge in [-0.15, -0.1) is 0 Å². The molecule has 0 spiro atoms. The molecule has 0 unspecified atom stereocenters. The van der Waals surface area contributed by atoms with Crippen LogP contribution >= 0.6 is 11.3 Å². The zero-order chi connectivity index (χ0) is 14.8. The third-order valence-electron chi connectivity index (χ3n) is 2.67. The molecule has 1 amide bonds. The number of aromatic nitrogens is 1. The van der Waals surface area contributed by atoms with Gasteiger partial charge in [-0.2, -0.15) is 11.3 Å². The Bertz CT molecular complexity index is 774. The minimum atomic E-state index is -1.24. The van der Waals surface area contributed by atoms with Crippen molar-refractivity contribution in [3.8, 4) is 11.3 Å². The lowest BCUT2D eigenvalue weighted by molar-refractivity contribution is 0.0698.